The summed E-state index contributed by atoms with van der Waals surface area (Å²) in [5.41, 5.74) is 9.17. The van der Waals surface area contributed by atoms with E-state index in [1.807, 2.05) is 25.1 Å². The number of nitrogens with zero attached hydrogens (tertiary/aromatic N) is 3. The van der Waals surface area contributed by atoms with Crippen LogP contribution in [0.25, 0.3) is 16.9 Å². The number of alkyl halides is 3. The number of fused-ring (bicyclic) bond motifs is 1. The quantitative estimate of drug-likeness (QED) is 0.228. The van der Waals surface area contributed by atoms with Crippen molar-refractivity contribution in [3.63, 3.8) is 0 Å². The molecule has 1 aromatic heterocycles. The molecule has 220 valence electrons. The Hall–Kier alpha value is -4.54. The Morgan fingerprint density at radius 3 is 2.52 bits per heavy atom. The molecule has 4 aromatic rings. The van der Waals surface area contributed by atoms with Gasteiger partial charge in [-0.3, -0.25) is 0 Å². The molecule has 0 bridgehead atoms. The smallest absolute Gasteiger partial charge is 0.418 e. The molecule has 5 rings (SSSR count). The Bertz CT molecular complexity index is 1610. The molecule has 2 heterocycles. The van der Waals surface area contributed by atoms with Gasteiger partial charge in [0.1, 0.15) is 17.3 Å². The maximum atomic E-state index is 13.9. The third kappa shape index (κ3) is 5.90. The Labute approximate surface area is 240 Å². The molecule has 11 heteroatoms. The Morgan fingerprint density at radius 1 is 1.12 bits per heavy atom. The van der Waals surface area contributed by atoms with Crippen LogP contribution in [0.1, 0.15) is 36.2 Å². The van der Waals surface area contributed by atoms with Crippen LogP contribution < -0.4 is 20.7 Å². The lowest BCUT2D eigenvalue weighted by molar-refractivity contribution is -0.137. The van der Waals surface area contributed by atoms with Gasteiger partial charge in [-0.1, -0.05) is 38.1 Å². The number of nitrogens with two attached hydrogens (primary N) is 1. The molecule has 42 heavy (non-hydrogen) atoms. The van der Waals surface area contributed by atoms with Gasteiger partial charge in [0.05, 0.1) is 23.6 Å². The minimum absolute atomic E-state index is 0.0916. The zero-order chi connectivity index (χ0) is 30.2. The van der Waals surface area contributed by atoms with Gasteiger partial charge in [0.15, 0.2) is 0 Å². The second kappa shape index (κ2) is 11.4. The zero-order valence-corrected chi connectivity index (χ0v) is 23.4. The van der Waals surface area contributed by atoms with Gasteiger partial charge in [-0.15, -0.1) is 0 Å². The SMILES string of the molecule is Cc1cccc(OCC(C)C)c1-n1nc2c(c1-c1ccc(NC(N)=O)cc1)CN(c1ccc(F)cc1C(F)(F)F)CC2. The van der Waals surface area contributed by atoms with Crippen LogP contribution in [0.15, 0.2) is 60.7 Å². The van der Waals surface area contributed by atoms with E-state index in [0.717, 1.165) is 34.1 Å². The normalized spacial score (nSPS) is 13.3. The lowest BCUT2D eigenvalue weighted by Gasteiger charge is -2.31. The Kier molecular flexibility index (Phi) is 7.85. The zero-order valence-electron chi connectivity index (χ0n) is 23.4. The molecule has 0 saturated heterocycles. The monoisotopic (exact) mass is 581 g/mol. The van der Waals surface area contributed by atoms with Crippen molar-refractivity contribution in [3.8, 4) is 22.7 Å². The largest absolute Gasteiger partial charge is 0.491 e. The van der Waals surface area contributed by atoms with Gasteiger partial charge < -0.3 is 20.7 Å². The molecular weight excluding hydrogens is 550 g/mol. The van der Waals surface area contributed by atoms with Crippen LogP contribution in [0.3, 0.4) is 0 Å². The van der Waals surface area contributed by atoms with Crippen LogP contribution in [0.4, 0.5) is 33.7 Å². The highest BCUT2D eigenvalue weighted by Crippen LogP contribution is 2.41. The summed E-state index contributed by atoms with van der Waals surface area (Å²) in [6.07, 6.45) is -4.35. The van der Waals surface area contributed by atoms with Crippen LogP contribution in [-0.2, 0) is 19.1 Å². The molecule has 3 N–H and O–H groups in total. The summed E-state index contributed by atoms with van der Waals surface area (Å²) in [5.74, 6) is -0.0389. The van der Waals surface area contributed by atoms with Gasteiger partial charge >= 0.3 is 12.2 Å². The van der Waals surface area contributed by atoms with E-state index in [9.17, 15) is 22.4 Å². The van der Waals surface area contributed by atoms with Gasteiger partial charge in [0.25, 0.3) is 0 Å². The first-order valence-corrected chi connectivity index (χ1v) is 13.5. The molecule has 0 saturated carbocycles. The highest BCUT2D eigenvalue weighted by atomic mass is 19.4. The summed E-state index contributed by atoms with van der Waals surface area (Å²) in [6.45, 7) is 6.92. The third-order valence-corrected chi connectivity index (χ3v) is 7.05. The van der Waals surface area contributed by atoms with E-state index < -0.39 is 23.6 Å². The first kappa shape index (κ1) is 29.0. The predicted octanol–water partition coefficient (Wildman–Crippen LogP) is 7.09. The maximum absolute atomic E-state index is 13.9. The number of hydrogen-bond acceptors (Lipinski definition) is 4. The molecule has 3 aromatic carbocycles. The molecule has 0 unspecified atom stereocenters. The molecule has 7 nitrogen and oxygen atoms in total. The van der Waals surface area contributed by atoms with E-state index in [0.29, 0.717) is 36.2 Å². The number of rotatable bonds is 7. The van der Waals surface area contributed by atoms with E-state index in [4.69, 9.17) is 15.6 Å². The molecular formula is C31H31F4N5O2. The topological polar surface area (TPSA) is 85.4 Å². The van der Waals surface area contributed by atoms with E-state index in [1.165, 1.54) is 6.07 Å². The van der Waals surface area contributed by atoms with Crippen LogP contribution in [-0.4, -0.2) is 29.0 Å². The van der Waals surface area contributed by atoms with Gasteiger partial charge in [-0.05, 0) is 54.8 Å². The van der Waals surface area contributed by atoms with Crippen LogP contribution in [0.2, 0.25) is 0 Å². The highest BCUT2D eigenvalue weighted by molar-refractivity contribution is 5.88. The number of aryl methyl sites for hydroxylation is 1. The van der Waals surface area contributed by atoms with Crippen molar-refractivity contribution in [3.05, 3.63) is 88.9 Å². The number of halogens is 4. The molecule has 2 amide bonds. The van der Waals surface area contributed by atoms with Gasteiger partial charge in [0, 0.05) is 42.0 Å². The Balaban J connectivity index is 1.67. The van der Waals surface area contributed by atoms with Crippen molar-refractivity contribution in [1.82, 2.24) is 9.78 Å². The maximum Gasteiger partial charge on any atom is 0.418 e. The lowest BCUT2D eigenvalue weighted by atomic mass is 9.99. The number of aromatic nitrogens is 2. The second-order valence-corrected chi connectivity index (χ2v) is 10.7. The number of ether oxygens (including phenoxy) is 1. The van der Waals surface area contributed by atoms with Gasteiger partial charge in [-0.25, -0.2) is 13.9 Å². The molecule has 1 aliphatic rings. The molecule has 0 fully saturated rings. The Morgan fingerprint density at radius 2 is 1.86 bits per heavy atom. The van der Waals surface area contributed by atoms with Crippen molar-refractivity contribution < 1.29 is 27.1 Å². The molecule has 0 radical (unpaired) electrons. The predicted molar refractivity (Wildman–Crippen MR) is 153 cm³/mol. The fourth-order valence-corrected chi connectivity index (χ4v) is 5.18. The number of hydrogen-bond donors (Lipinski definition) is 2. The molecule has 0 spiro atoms. The minimum Gasteiger partial charge on any atom is -0.491 e. The highest BCUT2D eigenvalue weighted by Gasteiger charge is 2.37. The number of para-hydroxylation sites is 1. The minimum atomic E-state index is -4.72. The van der Waals surface area contributed by atoms with Crippen molar-refractivity contribution in [2.45, 2.75) is 39.9 Å². The lowest BCUT2D eigenvalue weighted by Crippen LogP contribution is -2.32. The third-order valence-electron chi connectivity index (χ3n) is 7.05. The van der Waals surface area contributed by atoms with Crippen LogP contribution in [0.5, 0.6) is 5.75 Å². The van der Waals surface area contributed by atoms with E-state index in [-0.39, 0.29) is 24.7 Å². The van der Waals surface area contributed by atoms with Gasteiger partial charge in [0.2, 0.25) is 0 Å². The molecule has 0 atom stereocenters. The summed E-state index contributed by atoms with van der Waals surface area (Å²) in [7, 11) is 0. The standard InChI is InChI=1S/C31H31F4N5O2/c1-18(2)17-42-27-6-4-5-19(3)28(27)40-29(20-7-10-22(11-8-20)37-30(36)41)23-16-39(14-13-25(23)38-40)26-12-9-21(32)15-24(26)31(33,34)35/h4-12,15,18H,13-14,16-17H2,1-3H3,(H3,36,37,41). The van der Waals surface area contributed by atoms with Crippen molar-refractivity contribution in [1.29, 1.82) is 0 Å². The van der Waals surface area contributed by atoms with E-state index in [2.05, 4.69) is 19.2 Å². The first-order valence-electron chi connectivity index (χ1n) is 13.5. The average molecular weight is 582 g/mol. The fraction of sp³-hybridized carbons (Fsp3) is 0.290. The summed E-state index contributed by atoms with van der Waals surface area (Å²) in [5, 5.41) is 7.50. The van der Waals surface area contributed by atoms with Crippen molar-refractivity contribution >= 4 is 17.4 Å². The summed E-state index contributed by atoms with van der Waals surface area (Å²) in [6, 6.07) is 14.7. The average Bonchev–Trinajstić information content (AvgIpc) is 3.29. The van der Waals surface area contributed by atoms with Crippen molar-refractivity contribution in [2.75, 3.05) is 23.4 Å². The number of primary amides is 1. The number of urea groups is 1. The number of carbonyl (C=O) groups is 1. The molecule has 0 aliphatic carbocycles. The number of anilines is 2. The van der Waals surface area contributed by atoms with Crippen LogP contribution >= 0.6 is 0 Å². The van der Waals surface area contributed by atoms with E-state index in [1.54, 1.807) is 33.8 Å². The fourth-order valence-electron chi connectivity index (χ4n) is 5.18. The number of amides is 2. The first-order chi connectivity index (χ1) is 19.9. The summed E-state index contributed by atoms with van der Waals surface area (Å²) < 4.78 is 63.7. The summed E-state index contributed by atoms with van der Waals surface area (Å²) in [4.78, 5) is 13.0. The number of carbonyl (C=O) groups excluding carboxylic acids is 1. The second-order valence-electron chi connectivity index (χ2n) is 10.7. The number of nitrogens with one attached hydrogen (secondary N) is 1. The summed E-state index contributed by atoms with van der Waals surface area (Å²) >= 11 is 0. The van der Waals surface area contributed by atoms with Crippen molar-refractivity contribution in [2.24, 2.45) is 11.7 Å². The van der Waals surface area contributed by atoms with Crippen LogP contribution in [0, 0.1) is 18.7 Å². The molecule has 1 aliphatic heterocycles. The van der Waals surface area contributed by atoms with Gasteiger partial charge in [-0.2, -0.15) is 18.3 Å². The number of benzene rings is 3. The van der Waals surface area contributed by atoms with E-state index >= 15 is 0 Å².